The summed E-state index contributed by atoms with van der Waals surface area (Å²) in [6, 6.07) is 5.30. The number of carbonyl (C=O) groups excluding carboxylic acids is 4. The van der Waals surface area contributed by atoms with Gasteiger partial charge >= 0.3 is 0 Å². The number of ketones is 2. The minimum absolute atomic E-state index is 0.0399. The van der Waals surface area contributed by atoms with Gasteiger partial charge in [-0.2, -0.15) is 0 Å². The second kappa shape index (κ2) is 10.9. The summed E-state index contributed by atoms with van der Waals surface area (Å²) in [6.07, 6.45) is 0.0735. The molecule has 3 aliphatic carbocycles. The lowest BCUT2D eigenvalue weighted by molar-refractivity contribution is -0.153. The van der Waals surface area contributed by atoms with Crippen LogP contribution in [0.3, 0.4) is 0 Å². The molecule has 0 spiro atoms. The molecule has 226 valence electrons. The molecule has 2 aromatic carbocycles. The average molecular weight is 707 g/mol. The molecular weight excluding hydrogens is 680 g/mol. The van der Waals surface area contributed by atoms with Gasteiger partial charge in [-0.15, -0.1) is 0 Å². The number of primary amides is 1. The Morgan fingerprint density at radius 3 is 2.44 bits per heavy atom. The Bertz CT molecular complexity index is 1650. The standard InChI is InChI=1S/C29H27FIN3O9/c1-34(2)22-15-8-11-7-14-16(31)9-17(33-18(35)10-43-13-5-3-12(30)4-6-13)23(36)20(14)24(37)19(11)26(39)29(15,42)27(40)21(25(22)38)28(32)41/h3-6,9,11,15,22,36-37,40,42H,7-8,10H2,1-2H3,(H2,32,41)(H,33,35)/t11?,15?,22-,29-/m0/s1. The van der Waals surface area contributed by atoms with E-state index in [1.54, 1.807) is 0 Å². The molecule has 2 amide bonds. The van der Waals surface area contributed by atoms with Crippen molar-refractivity contribution in [2.45, 2.75) is 24.5 Å². The maximum atomic E-state index is 14.0. The summed E-state index contributed by atoms with van der Waals surface area (Å²) in [7, 11) is 3.05. The number of Topliss-reactive ketones (excluding diaryl/α,β-unsaturated/α-hetero) is 2. The molecule has 7 N–H and O–H groups in total. The average Bonchev–Trinajstić information content (AvgIpc) is 2.92. The van der Waals surface area contributed by atoms with Crippen LogP contribution < -0.4 is 15.8 Å². The number of nitrogens with two attached hydrogens (primary N) is 1. The zero-order valence-electron chi connectivity index (χ0n) is 22.9. The number of hydrogen-bond donors (Lipinski definition) is 6. The van der Waals surface area contributed by atoms with E-state index in [0.29, 0.717) is 9.13 Å². The van der Waals surface area contributed by atoms with E-state index in [0.717, 1.165) is 12.1 Å². The molecule has 3 aliphatic rings. The van der Waals surface area contributed by atoms with Crippen LogP contribution in [0.15, 0.2) is 47.2 Å². The van der Waals surface area contributed by atoms with Crippen molar-refractivity contribution < 1.29 is 48.7 Å². The summed E-state index contributed by atoms with van der Waals surface area (Å²) in [6.45, 7) is -0.486. The number of hydrogen-bond acceptors (Lipinski definition) is 10. The van der Waals surface area contributed by atoms with Gasteiger partial charge in [-0.05, 0) is 91.3 Å². The molecular formula is C29H27FIN3O9. The minimum atomic E-state index is -2.75. The third-order valence-electron chi connectivity index (χ3n) is 8.12. The molecule has 1 saturated carbocycles. The molecule has 0 bridgehead atoms. The molecule has 0 aromatic heterocycles. The molecule has 0 aliphatic heterocycles. The minimum Gasteiger partial charge on any atom is -0.508 e. The molecule has 2 aromatic rings. The Kier molecular flexibility index (Phi) is 7.73. The second-order valence-electron chi connectivity index (χ2n) is 10.9. The number of aromatic hydroxyl groups is 1. The number of carbonyl (C=O) groups is 4. The van der Waals surface area contributed by atoms with Crippen LogP contribution in [0.2, 0.25) is 0 Å². The zero-order chi connectivity index (χ0) is 31.5. The number of phenolic OH excluding ortho intramolecular Hbond substituents is 1. The summed E-state index contributed by atoms with van der Waals surface area (Å²) in [4.78, 5) is 53.3. The number of likely N-dealkylation sites (N-methyl/N-ethyl adjacent to an activating group) is 1. The normalized spacial score (nSPS) is 24.8. The third-order valence-corrected chi connectivity index (χ3v) is 9.09. The van der Waals surface area contributed by atoms with Crippen molar-refractivity contribution >= 4 is 57.4 Å². The first-order chi connectivity index (χ1) is 20.2. The number of amides is 2. The smallest absolute Gasteiger partial charge is 0.262 e. The lowest BCUT2D eigenvalue weighted by Crippen LogP contribution is -2.65. The Morgan fingerprint density at radius 2 is 1.84 bits per heavy atom. The Labute approximate surface area is 257 Å². The molecule has 2 unspecified atom stereocenters. The van der Waals surface area contributed by atoms with Crippen LogP contribution >= 0.6 is 22.6 Å². The van der Waals surface area contributed by atoms with Crippen molar-refractivity contribution in [3.8, 4) is 11.5 Å². The number of benzene rings is 2. The monoisotopic (exact) mass is 707 g/mol. The highest BCUT2D eigenvalue weighted by atomic mass is 127. The van der Waals surface area contributed by atoms with Crippen molar-refractivity contribution in [1.82, 2.24) is 4.90 Å². The lowest BCUT2D eigenvalue weighted by atomic mass is 9.57. The predicted molar refractivity (Wildman–Crippen MR) is 157 cm³/mol. The van der Waals surface area contributed by atoms with E-state index in [1.165, 1.54) is 37.2 Å². The first-order valence-electron chi connectivity index (χ1n) is 13.1. The highest BCUT2D eigenvalue weighted by Crippen LogP contribution is 2.53. The maximum Gasteiger partial charge on any atom is 0.262 e. The van der Waals surface area contributed by atoms with Crippen LogP contribution in [0.5, 0.6) is 11.5 Å². The van der Waals surface area contributed by atoms with Crippen molar-refractivity contribution in [2.24, 2.45) is 17.6 Å². The van der Waals surface area contributed by atoms with E-state index in [1.807, 2.05) is 22.6 Å². The topological polar surface area (TPSA) is 200 Å². The van der Waals surface area contributed by atoms with E-state index in [4.69, 9.17) is 10.5 Å². The van der Waals surface area contributed by atoms with Crippen LogP contribution in [-0.2, 0) is 25.6 Å². The van der Waals surface area contributed by atoms with Gasteiger partial charge < -0.3 is 36.2 Å². The van der Waals surface area contributed by atoms with Gasteiger partial charge in [0.2, 0.25) is 5.78 Å². The number of anilines is 1. The number of fused-ring (bicyclic) bond motifs is 3. The largest absolute Gasteiger partial charge is 0.508 e. The van der Waals surface area contributed by atoms with Crippen LogP contribution in [0.1, 0.15) is 17.5 Å². The number of nitrogens with one attached hydrogen (secondary N) is 1. The molecule has 5 rings (SSSR count). The fourth-order valence-electron chi connectivity index (χ4n) is 6.23. The van der Waals surface area contributed by atoms with Gasteiger partial charge in [-0.3, -0.25) is 24.1 Å². The summed E-state index contributed by atoms with van der Waals surface area (Å²) >= 11 is 1.96. The SMILES string of the molecule is CN(C)[C@@H]1C(=O)C(C(N)=O)=C(O)[C@@]2(O)C(=O)C3=C(O)c4c(O)c(NC(=O)COc5ccc(F)cc5)cc(I)c4CC3CC12. The molecule has 14 heteroatoms. The Morgan fingerprint density at radius 1 is 1.19 bits per heavy atom. The van der Waals surface area contributed by atoms with Crippen LogP contribution in [-0.4, -0.2) is 81.1 Å². The summed E-state index contributed by atoms with van der Waals surface area (Å²) in [5, 5.41) is 47.7. The van der Waals surface area contributed by atoms with Crippen LogP contribution in [0, 0.1) is 21.2 Å². The van der Waals surface area contributed by atoms with Crippen molar-refractivity contribution in [3.63, 3.8) is 0 Å². The number of nitrogens with zero attached hydrogens (tertiary/aromatic N) is 1. The molecule has 12 nitrogen and oxygen atoms in total. The van der Waals surface area contributed by atoms with E-state index < -0.39 is 82.1 Å². The summed E-state index contributed by atoms with van der Waals surface area (Å²) in [5.41, 5.74) is 1.59. The lowest BCUT2D eigenvalue weighted by Gasteiger charge is -2.50. The van der Waals surface area contributed by atoms with Gasteiger partial charge in [0, 0.05) is 15.1 Å². The summed E-state index contributed by atoms with van der Waals surface area (Å²) in [5.74, 6) is -8.53. The number of ether oxygens (including phenoxy) is 1. The number of aliphatic hydroxyl groups is 3. The van der Waals surface area contributed by atoms with Crippen molar-refractivity contribution in [2.75, 3.05) is 26.0 Å². The van der Waals surface area contributed by atoms with Gasteiger partial charge in [-0.1, -0.05) is 0 Å². The molecule has 43 heavy (non-hydrogen) atoms. The number of rotatable bonds is 6. The highest BCUT2D eigenvalue weighted by molar-refractivity contribution is 14.1. The van der Waals surface area contributed by atoms with E-state index >= 15 is 0 Å². The van der Waals surface area contributed by atoms with E-state index in [-0.39, 0.29) is 35.4 Å². The van der Waals surface area contributed by atoms with Gasteiger partial charge in [0.05, 0.1) is 17.3 Å². The predicted octanol–water partition coefficient (Wildman–Crippen LogP) is 1.73. The fourth-order valence-corrected chi connectivity index (χ4v) is 7.03. The number of phenols is 1. The molecule has 0 radical (unpaired) electrons. The zero-order valence-corrected chi connectivity index (χ0v) is 25.0. The Hall–Kier alpha value is -4.02. The Balaban J connectivity index is 1.53. The fraction of sp³-hybridized carbons (Fsp3) is 0.310. The van der Waals surface area contributed by atoms with Crippen molar-refractivity contribution in [1.29, 1.82) is 0 Å². The second-order valence-corrected chi connectivity index (χ2v) is 12.0. The quantitative estimate of drug-likeness (QED) is 0.146. The highest BCUT2D eigenvalue weighted by Gasteiger charge is 2.64. The molecule has 0 saturated heterocycles. The third kappa shape index (κ3) is 4.82. The van der Waals surface area contributed by atoms with Crippen molar-refractivity contribution in [3.05, 3.63) is 67.8 Å². The maximum absolute atomic E-state index is 14.0. The van der Waals surface area contributed by atoms with E-state index in [2.05, 4.69) is 5.32 Å². The summed E-state index contributed by atoms with van der Waals surface area (Å²) < 4.78 is 19.0. The number of aliphatic hydroxyl groups excluding tert-OH is 2. The van der Waals surface area contributed by atoms with Crippen LogP contribution in [0.25, 0.3) is 5.76 Å². The molecule has 1 fully saturated rings. The van der Waals surface area contributed by atoms with E-state index in [9.17, 15) is 44.0 Å². The van der Waals surface area contributed by atoms with Gasteiger partial charge in [0.25, 0.3) is 11.8 Å². The van der Waals surface area contributed by atoms with Gasteiger partial charge in [-0.25, -0.2) is 4.39 Å². The van der Waals surface area contributed by atoms with Crippen LogP contribution in [0.4, 0.5) is 10.1 Å². The van der Waals surface area contributed by atoms with Gasteiger partial charge in [0.1, 0.15) is 34.4 Å². The first-order valence-corrected chi connectivity index (χ1v) is 14.1. The molecule has 0 heterocycles. The first kappa shape index (κ1) is 30.4. The van der Waals surface area contributed by atoms with Gasteiger partial charge in [0.15, 0.2) is 18.0 Å². The number of halogens is 2. The molecule has 4 atom stereocenters.